The Morgan fingerprint density at radius 1 is 1.07 bits per heavy atom. The molecule has 5 aliphatic rings. The standard InChI is InChI=1S/C11H12N2O2/c12-13-10(14)8-4-1-2-5(7-3-6(4)7)9(8)11(13)15/h1-2,4-9H,3,12H2/t4-,5-,6-,7-,8+,9+/m0/s1. The molecule has 0 aromatic heterocycles. The number of hydrogen-bond donors (Lipinski definition) is 1. The van der Waals surface area contributed by atoms with Crippen LogP contribution in [0.25, 0.3) is 0 Å². The van der Waals surface area contributed by atoms with Crippen LogP contribution in [0.1, 0.15) is 6.42 Å². The molecule has 0 aromatic carbocycles. The molecule has 15 heavy (non-hydrogen) atoms. The van der Waals surface area contributed by atoms with Gasteiger partial charge in [0.25, 0.3) is 0 Å². The molecule has 0 unspecified atom stereocenters. The van der Waals surface area contributed by atoms with E-state index in [-0.39, 0.29) is 35.5 Å². The lowest BCUT2D eigenvalue weighted by Crippen LogP contribution is -2.40. The number of nitrogens with zero attached hydrogens (tertiary/aromatic N) is 1. The van der Waals surface area contributed by atoms with E-state index in [0.29, 0.717) is 11.8 Å². The summed E-state index contributed by atoms with van der Waals surface area (Å²) in [5, 5.41) is 0.854. The molecule has 78 valence electrons. The summed E-state index contributed by atoms with van der Waals surface area (Å²) in [6.45, 7) is 0. The number of nitrogens with two attached hydrogens (primary N) is 1. The van der Waals surface area contributed by atoms with Gasteiger partial charge >= 0.3 is 0 Å². The van der Waals surface area contributed by atoms with E-state index in [2.05, 4.69) is 12.2 Å². The third kappa shape index (κ3) is 0.718. The van der Waals surface area contributed by atoms with Gasteiger partial charge in [-0.25, -0.2) is 10.9 Å². The Kier molecular flexibility index (Phi) is 1.16. The normalized spacial score (nSPS) is 54.6. The van der Waals surface area contributed by atoms with Crippen molar-refractivity contribution >= 4 is 11.8 Å². The first-order chi connectivity index (χ1) is 7.20. The average Bonchev–Trinajstić information content (AvgIpc) is 3.02. The molecule has 0 spiro atoms. The van der Waals surface area contributed by atoms with E-state index in [4.69, 9.17) is 5.84 Å². The maximum atomic E-state index is 11.9. The zero-order valence-corrected chi connectivity index (χ0v) is 8.17. The number of imide groups is 1. The molecule has 5 rings (SSSR count). The van der Waals surface area contributed by atoms with E-state index < -0.39 is 0 Å². The van der Waals surface area contributed by atoms with Crippen molar-refractivity contribution < 1.29 is 9.59 Å². The van der Waals surface area contributed by atoms with Gasteiger partial charge in [0.1, 0.15) is 0 Å². The number of carbonyl (C=O) groups excluding carboxylic acids is 2. The lowest BCUT2D eigenvalue weighted by Gasteiger charge is -2.37. The second kappa shape index (κ2) is 2.16. The van der Waals surface area contributed by atoms with E-state index in [1.807, 2.05) is 0 Å². The van der Waals surface area contributed by atoms with Crippen molar-refractivity contribution in [2.45, 2.75) is 6.42 Å². The van der Waals surface area contributed by atoms with Crippen LogP contribution in [0.2, 0.25) is 0 Å². The van der Waals surface area contributed by atoms with Gasteiger partial charge in [0.15, 0.2) is 0 Å². The van der Waals surface area contributed by atoms with E-state index >= 15 is 0 Å². The summed E-state index contributed by atoms with van der Waals surface area (Å²) in [7, 11) is 0. The van der Waals surface area contributed by atoms with Crippen LogP contribution < -0.4 is 5.84 Å². The maximum Gasteiger partial charge on any atom is 0.248 e. The predicted molar refractivity (Wildman–Crippen MR) is 50.7 cm³/mol. The topological polar surface area (TPSA) is 63.4 Å². The summed E-state index contributed by atoms with van der Waals surface area (Å²) < 4.78 is 0. The number of amides is 2. The van der Waals surface area contributed by atoms with Gasteiger partial charge in [-0.1, -0.05) is 12.2 Å². The summed E-state index contributed by atoms with van der Waals surface area (Å²) >= 11 is 0. The smallest absolute Gasteiger partial charge is 0.248 e. The first-order valence-corrected chi connectivity index (χ1v) is 5.51. The third-order valence-corrected chi connectivity index (χ3v) is 4.70. The summed E-state index contributed by atoms with van der Waals surface area (Å²) in [5.74, 6) is 6.80. The summed E-state index contributed by atoms with van der Waals surface area (Å²) in [6.07, 6.45) is 5.48. The van der Waals surface area contributed by atoms with Crippen LogP contribution in [-0.4, -0.2) is 16.8 Å². The lowest BCUT2D eigenvalue weighted by atomic mass is 9.63. The first kappa shape index (κ1) is 8.05. The average molecular weight is 204 g/mol. The minimum atomic E-state index is -0.158. The molecule has 4 nitrogen and oxygen atoms in total. The SMILES string of the molecule is NN1C(=O)[C@@H]2[C@H]3C=C[C@@H]([C@@H]4C[C@@H]34)[C@H]2C1=O. The van der Waals surface area contributed by atoms with Gasteiger partial charge in [0.05, 0.1) is 11.8 Å². The van der Waals surface area contributed by atoms with E-state index in [1.165, 1.54) is 6.42 Å². The molecule has 4 aliphatic carbocycles. The van der Waals surface area contributed by atoms with Crippen LogP contribution in [0.5, 0.6) is 0 Å². The quantitative estimate of drug-likeness (QED) is 0.260. The number of allylic oxidation sites excluding steroid dienone is 2. The van der Waals surface area contributed by atoms with Crippen molar-refractivity contribution in [3.8, 4) is 0 Å². The molecule has 4 heteroatoms. The monoisotopic (exact) mass is 204 g/mol. The Morgan fingerprint density at radius 2 is 1.53 bits per heavy atom. The summed E-state index contributed by atoms with van der Waals surface area (Å²) in [6, 6.07) is 0. The van der Waals surface area contributed by atoms with Crippen molar-refractivity contribution in [2.24, 2.45) is 41.4 Å². The minimum Gasteiger partial charge on any atom is -0.273 e. The Hall–Kier alpha value is -1.16. The second-order valence-electron chi connectivity index (χ2n) is 5.20. The van der Waals surface area contributed by atoms with Gasteiger partial charge in [0.2, 0.25) is 11.8 Å². The number of carbonyl (C=O) groups is 2. The van der Waals surface area contributed by atoms with Gasteiger partial charge < -0.3 is 0 Å². The molecule has 6 atom stereocenters. The maximum absolute atomic E-state index is 11.9. The highest BCUT2D eigenvalue weighted by atomic mass is 16.2. The van der Waals surface area contributed by atoms with Crippen molar-refractivity contribution in [2.75, 3.05) is 0 Å². The Morgan fingerprint density at radius 3 is 2.00 bits per heavy atom. The van der Waals surface area contributed by atoms with Crippen LogP contribution >= 0.6 is 0 Å². The Balaban J connectivity index is 1.86. The van der Waals surface area contributed by atoms with Gasteiger partial charge in [0, 0.05) is 0 Å². The van der Waals surface area contributed by atoms with Crippen LogP contribution in [0.3, 0.4) is 0 Å². The zero-order chi connectivity index (χ0) is 10.3. The predicted octanol–water partition coefficient (Wildman–Crippen LogP) is -0.0868. The number of hydrazine groups is 1. The first-order valence-electron chi connectivity index (χ1n) is 5.51. The molecule has 3 fully saturated rings. The zero-order valence-electron chi connectivity index (χ0n) is 8.17. The van der Waals surface area contributed by atoms with Gasteiger partial charge in [-0.3, -0.25) is 9.59 Å². The molecule has 2 bridgehead atoms. The molecule has 2 amide bonds. The van der Waals surface area contributed by atoms with Crippen molar-refractivity contribution in [1.29, 1.82) is 0 Å². The molecule has 2 N–H and O–H groups in total. The molecular weight excluding hydrogens is 192 g/mol. The van der Waals surface area contributed by atoms with Crippen LogP contribution in [-0.2, 0) is 9.59 Å². The molecule has 0 radical (unpaired) electrons. The fourth-order valence-electron chi connectivity index (χ4n) is 3.98. The van der Waals surface area contributed by atoms with Crippen molar-refractivity contribution in [1.82, 2.24) is 5.01 Å². The van der Waals surface area contributed by atoms with Gasteiger partial charge in [-0.15, -0.1) is 0 Å². The fourth-order valence-corrected chi connectivity index (χ4v) is 3.98. The third-order valence-electron chi connectivity index (χ3n) is 4.70. The van der Waals surface area contributed by atoms with Crippen molar-refractivity contribution in [3.63, 3.8) is 0 Å². The Bertz CT molecular complexity index is 381. The Labute approximate surface area is 87.1 Å². The molecular formula is C11H12N2O2. The van der Waals surface area contributed by atoms with Crippen molar-refractivity contribution in [3.05, 3.63) is 12.2 Å². The van der Waals surface area contributed by atoms with E-state index in [0.717, 1.165) is 5.01 Å². The highest BCUT2D eigenvalue weighted by Crippen LogP contribution is 2.65. The largest absolute Gasteiger partial charge is 0.273 e. The summed E-state index contributed by atoms with van der Waals surface area (Å²) in [4.78, 5) is 23.7. The van der Waals surface area contributed by atoms with Crippen LogP contribution in [0.15, 0.2) is 12.2 Å². The van der Waals surface area contributed by atoms with E-state index in [1.54, 1.807) is 0 Å². The molecule has 2 saturated carbocycles. The minimum absolute atomic E-state index is 0.138. The second-order valence-corrected chi connectivity index (χ2v) is 5.20. The van der Waals surface area contributed by atoms with E-state index in [9.17, 15) is 9.59 Å². The van der Waals surface area contributed by atoms with Gasteiger partial charge in [-0.05, 0) is 30.1 Å². The number of rotatable bonds is 0. The number of hydrogen-bond acceptors (Lipinski definition) is 3. The lowest BCUT2D eigenvalue weighted by molar-refractivity contribution is -0.140. The summed E-state index contributed by atoms with van der Waals surface area (Å²) in [5.41, 5.74) is 0. The molecule has 1 saturated heterocycles. The highest BCUT2D eigenvalue weighted by molar-refractivity contribution is 6.05. The molecule has 1 aliphatic heterocycles. The van der Waals surface area contributed by atoms with Gasteiger partial charge in [-0.2, -0.15) is 0 Å². The fraction of sp³-hybridized carbons (Fsp3) is 0.636. The molecule has 1 heterocycles. The van der Waals surface area contributed by atoms with Crippen LogP contribution in [0, 0.1) is 35.5 Å². The molecule has 0 aromatic rings. The highest BCUT2D eigenvalue weighted by Gasteiger charge is 2.66. The van der Waals surface area contributed by atoms with Crippen LogP contribution in [0.4, 0.5) is 0 Å².